The molecule has 0 aliphatic rings. The van der Waals surface area contributed by atoms with Crippen molar-refractivity contribution in [1.82, 2.24) is 24.8 Å². The predicted molar refractivity (Wildman–Crippen MR) is 215 cm³/mol. The Balaban J connectivity index is 3.66. The number of amides is 4. The molecular weight excluding hydrogens is 849 g/mol. The summed E-state index contributed by atoms with van der Waals surface area (Å²) in [6.45, 7) is 2.08. The second-order valence-electron chi connectivity index (χ2n) is 13.2. The molecular formula is C37H66IN5O13. The normalized spacial score (nSPS) is 12.0. The van der Waals surface area contributed by atoms with Crippen LogP contribution in [0.4, 0.5) is 0 Å². The van der Waals surface area contributed by atoms with Gasteiger partial charge in [-0.3, -0.25) is 27.5 Å². The fourth-order valence-corrected chi connectivity index (χ4v) is 5.58. The lowest BCUT2D eigenvalue weighted by atomic mass is 10.0. The number of rotatable bonds is 41. The number of hydrogen-bond acceptors (Lipinski definition) is 12. The van der Waals surface area contributed by atoms with Gasteiger partial charge in [-0.15, -0.1) is 0 Å². The number of nitrogens with one attached hydrogen (secondary N) is 5. The van der Waals surface area contributed by atoms with Crippen LogP contribution in [0.5, 0.6) is 0 Å². The second kappa shape index (κ2) is 38.9. The van der Waals surface area contributed by atoms with Gasteiger partial charge in [-0.05, 0) is 38.5 Å². The summed E-state index contributed by atoms with van der Waals surface area (Å²) in [4.78, 5) is 80.9. The van der Waals surface area contributed by atoms with Crippen molar-refractivity contribution < 1.29 is 62.7 Å². The molecule has 0 bridgehead atoms. The van der Waals surface area contributed by atoms with Gasteiger partial charge in [0.15, 0.2) is 0 Å². The Hall–Kier alpha value is -2.98. The molecule has 0 unspecified atom stereocenters. The van der Waals surface area contributed by atoms with Gasteiger partial charge in [0.05, 0.1) is 45.7 Å². The minimum atomic E-state index is -1.19. The van der Waals surface area contributed by atoms with Crippen molar-refractivity contribution in [2.24, 2.45) is 0 Å². The van der Waals surface area contributed by atoms with E-state index in [1.807, 2.05) is 22.9 Å². The predicted octanol–water partition coefficient (Wildman–Crippen LogP) is 2.19. The van der Waals surface area contributed by atoms with Crippen molar-refractivity contribution in [3.05, 3.63) is 0 Å². The first-order valence-electron chi connectivity index (χ1n) is 19.8. The molecule has 0 aromatic carbocycles. The van der Waals surface area contributed by atoms with Gasteiger partial charge in [0.25, 0.3) is 0 Å². The van der Waals surface area contributed by atoms with Crippen molar-refractivity contribution in [3.8, 4) is 0 Å². The minimum Gasteiger partial charge on any atom is -0.481 e. The van der Waals surface area contributed by atoms with Crippen LogP contribution in [0.15, 0.2) is 0 Å². The largest absolute Gasteiger partial charge is 0.481 e. The lowest BCUT2D eigenvalue weighted by Crippen LogP contribution is -2.41. The number of aliphatic carboxylic acids is 2. The van der Waals surface area contributed by atoms with Crippen molar-refractivity contribution in [2.75, 3.05) is 72.5 Å². The maximum absolute atomic E-state index is 12.2. The Kier molecular flexibility index (Phi) is 36.8. The molecule has 2 atom stereocenters. The van der Waals surface area contributed by atoms with Crippen molar-refractivity contribution in [1.29, 1.82) is 0 Å². The number of carboxylic acid groups (broad SMARTS) is 2. The first-order chi connectivity index (χ1) is 27.1. The Morgan fingerprint density at radius 1 is 0.518 bits per heavy atom. The molecule has 7 N–H and O–H groups in total. The zero-order chi connectivity index (χ0) is 41.5. The summed E-state index contributed by atoms with van der Waals surface area (Å²) in [6, 6.07) is -1.32. The van der Waals surface area contributed by atoms with Crippen molar-refractivity contribution in [3.63, 3.8) is 0 Å². The van der Waals surface area contributed by atoms with E-state index in [1.165, 1.54) is 0 Å². The average molecular weight is 916 g/mol. The minimum absolute atomic E-state index is 0.0361. The number of carbonyl (C=O) groups excluding carboxylic acids is 5. The fourth-order valence-electron chi connectivity index (χ4n) is 5.13. The van der Waals surface area contributed by atoms with Crippen LogP contribution < -0.4 is 24.8 Å². The SMILES string of the molecule is O=C[C@H](CCCCNC(=O)COCCOCCNC(=O)COCCOCCNC(=O)CC[C@H](NC(=O)CCCCCCCCCCCCC(=O)O)C(=O)O)NI. The van der Waals surface area contributed by atoms with E-state index in [2.05, 4.69) is 24.8 Å². The van der Waals surface area contributed by atoms with E-state index in [-0.39, 0.29) is 121 Å². The maximum Gasteiger partial charge on any atom is 0.326 e. The van der Waals surface area contributed by atoms with Crippen molar-refractivity contribution in [2.45, 2.75) is 121 Å². The standard InChI is InChI=1S/C37H66IN5O13/c38-43-30(27-44)13-11-12-18-39-34(47)28-55-25-24-54-22-20-41-35(48)29-56-26-23-53-21-19-40-32(45)17-16-31(37(51)52)42-33(46)14-9-7-5-3-1-2-4-6-8-10-15-36(49)50/h27,30-31,43H,1-26,28-29H2,(H,39,47)(H,40,45)(H,41,48)(H,42,46)(H,49,50)(H,51,52)/t30-,31-/m0/s1. The highest BCUT2D eigenvalue weighted by Gasteiger charge is 2.20. The van der Waals surface area contributed by atoms with Crippen LogP contribution in [0.25, 0.3) is 0 Å². The Morgan fingerprint density at radius 3 is 1.50 bits per heavy atom. The molecule has 324 valence electrons. The Bertz CT molecular complexity index is 1090. The monoisotopic (exact) mass is 915 g/mol. The molecule has 0 heterocycles. The first-order valence-corrected chi connectivity index (χ1v) is 20.8. The Morgan fingerprint density at radius 2 is 1.00 bits per heavy atom. The smallest absolute Gasteiger partial charge is 0.326 e. The topological polar surface area (TPSA) is 257 Å². The van der Waals surface area contributed by atoms with Gasteiger partial charge >= 0.3 is 11.9 Å². The number of aldehydes is 1. The Labute approximate surface area is 344 Å². The average Bonchev–Trinajstić information content (AvgIpc) is 3.16. The van der Waals surface area contributed by atoms with Crippen molar-refractivity contribution >= 4 is 64.7 Å². The second-order valence-corrected chi connectivity index (χ2v) is 13.8. The summed E-state index contributed by atoms with van der Waals surface area (Å²) >= 11 is 1.94. The first kappa shape index (κ1) is 53.0. The highest BCUT2D eigenvalue weighted by Crippen LogP contribution is 2.12. The third-order valence-electron chi connectivity index (χ3n) is 8.25. The van der Waals surface area contributed by atoms with Crippen LogP contribution in [0, 0.1) is 0 Å². The number of unbranched alkanes of at least 4 members (excludes halogenated alkanes) is 10. The number of carboxylic acids is 2. The number of carbonyl (C=O) groups is 7. The summed E-state index contributed by atoms with van der Waals surface area (Å²) in [5.74, 6) is -3.20. The molecule has 0 aliphatic heterocycles. The zero-order valence-electron chi connectivity index (χ0n) is 32.8. The van der Waals surface area contributed by atoms with E-state index in [1.54, 1.807) is 0 Å². The van der Waals surface area contributed by atoms with E-state index in [0.717, 1.165) is 76.9 Å². The quantitative estimate of drug-likeness (QED) is 0.0201. The van der Waals surface area contributed by atoms with Crippen LogP contribution in [-0.2, 0) is 52.5 Å². The van der Waals surface area contributed by atoms with Gasteiger partial charge < -0.3 is 55.2 Å². The van der Waals surface area contributed by atoms with Crippen LogP contribution >= 0.6 is 22.9 Å². The molecule has 0 rings (SSSR count). The van der Waals surface area contributed by atoms with Gasteiger partial charge in [-0.25, -0.2) is 4.79 Å². The molecule has 0 radical (unpaired) electrons. The molecule has 56 heavy (non-hydrogen) atoms. The highest BCUT2D eigenvalue weighted by atomic mass is 127. The van der Waals surface area contributed by atoms with Crippen LogP contribution in [0.1, 0.15) is 109 Å². The zero-order valence-corrected chi connectivity index (χ0v) is 35.0. The summed E-state index contributed by atoms with van der Waals surface area (Å²) in [5, 5.41) is 28.7. The number of halogens is 1. The lowest BCUT2D eigenvalue weighted by Gasteiger charge is -2.14. The van der Waals surface area contributed by atoms with Crippen LogP contribution in [0.2, 0.25) is 0 Å². The number of hydrogen-bond donors (Lipinski definition) is 7. The molecule has 0 aromatic rings. The molecule has 19 heteroatoms. The van der Waals surface area contributed by atoms with Gasteiger partial charge in [0, 0.05) is 61.8 Å². The fraction of sp³-hybridized carbons (Fsp3) is 0.811. The molecule has 0 aliphatic carbocycles. The van der Waals surface area contributed by atoms with E-state index in [0.29, 0.717) is 19.4 Å². The van der Waals surface area contributed by atoms with Crippen LogP contribution in [-0.4, -0.2) is 137 Å². The van der Waals surface area contributed by atoms with E-state index in [4.69, 9.17) is 24.1 Å². The lowest BCUT2D eigenvalue weighted by molar-refractivity contribution is -0.142. The summed E-state index contributed by atoms with van der Waals surface area (Å²) in [7, 11) is 0. The third kappa shape index (κ3) is 36.6. The molecule has 18 nitrogen and oxygen atoms in total. The van der Waals surface area contributed by atoms with Gasteiger partial charge in [-0.2, -0.15) is 0 Å². The summed E-state index contributed by atoms with van der Waals surface area (Å²) in [5.41, 5.74) is 0. The molecule has 0 saturated carbocycles. The maximum atomic E-state index is 12.2. The van der Waals surface area contributed by atoms with Gasteiger partial charge in [0.1, 0.15) is 25.5 Å². The van der Waals surface area contributed by atoms with Gasteiger partial charge in [0.2, 0.25) is 23.6 Å². The summed E-state index contributed by atoms with van der Waals surface area (Å²) < 4.78 is 24.1. The molecule has 0 spiro atoms. The molecule has 0 saturated heterocycles. The van der Waals surface area contributed by atoms with Gasteiger partial charge in [-0.1, -0.05) is 51.4 Å². The molecule has 0 aromatic heterocycles. The van der Waals surface area contributed by atoms with E-state index < -0.39 is 18.0 Å². The number of ether oxygens (including phenoxy) is 4. The van der Waals surface area contributed by atoms with E-state index >= 15 is 0 Å². The third-order valence-corrected chi connectivity index (χ3v) is 9.05. The van der Waals surface area contributed by atoms with Crippen LogP contribution in [0.3, 0.4) is 0 Å². The summed E-state index contributed by atoms with van der Waals surface area (Å²) in [6.07, 6.45) is 13.1. The van der Waals surface area contributed by atoms with E-state index in [9.17, 15) is 38.7 Å². The highest BCUT2D eigenvalue weighted by molar-refractivity contribution is 14.1. The molecule has 0 fully saturated rings. The molecule has 4 amide bonds.